The molecule has 0 aliphatic heterocycles. The van der Waals surface area contributed by atoms with Crippen LogP contribution >= 0.6 is 0 Å². The summed E-state index contributed by atoms with van der Waals surface area (Å²) in [5.41, 5.74) is 8.24. The molecule has 0 atom stereocenters. The molecule has 2 N–H and O–H groups in total. The number of carbonyl (C=O) groups excluding carboxylic acids is 2. The maximum Gasteiger partial charge on any atom is 0.453 e. The number of hydrogen-bond acceptors (Lipinski definition) is 5. The number of nitrogens with two attached hydrogens (primary N) is 1. The summed E-state index contributed by atoms with van der Waals surface area (Å²) < 4.78 is 40.0. The van der Waals surface area contributed by atoms with Crippen LogP contribution in [0, 0.1) is 13.8 Å². The molecular weight excluding hydrogens is 437 g/mol. The van der Waals surface area contributed by atoms with E-state index in [-0.39, 0.29) is 24.1 Å². The van der Waals surface area contributed by atoms with E-state index < -0.39 is 17.9 Å². The Morgan fingerprint density at radius 2 is 1.82 bits per heavy atom. The molecule has 1 fully saturated rings. The van der Waals surface area contributed by atoms with Gasteiger partial charge in [-0.3, -0.25) is 9.59 Å². The van der Waals surface area contributed by atoms with Crippen molar-refractivity contribution in [3.63, 3.8) is 0 Å². The third-order valence-corrected chi connectivity index (χ3v) is 5.79. The van der Waals surface area contributed by atoms with Gasteiger partial charge in [0.2, 0.25) is 11.8 Å². The van der Waals surface area contributed by atoms with E-state index in [4.69, 9.17) is 5.73 Å². The van der Waals surface area contributed by atoms with Crippen molar-refractivity contribution in [2.45, 2.75) is 58.3 Å². The maximum atomic E-state index is 13.0. The standard InChI is InChI=1S/C22H23F3N6O2/c1-12-17(13(2)31-21(27-12)28-20(29-31)22(23,24)25)9-10-18(32)30(16-7-8-16)11-14-3-5-15(6-4-14)19(26)33/h3-6,16H,7-11H2,1-2H3,(H2,26,33). The summed E-state index contributed by atoms with van der Waals surface area (Å²) in [5, 5.41) is 3.55. The monoisotopic (exact) mass is 460 g/mol. The van der Waals surface area contributed by atoms with Crippen molar-refractivity contribution < 1.29 is 22.8 Å². The Kier molecular flexibility index (Phi) is 5.81. The van der Waals surface area contributed by atoms with Crippen LogP contribution < -0.4 is 5.73 Å². The number of aromatic nitrogens is 4. The highest BCUT2D eigenvalue weighted by atomic mass is 19.4. The van der Waals surface area contributed by atoms with Gasteiger partial charge in [-0.1, -0.05) is 12.1 Å². The van der Waals surface area contributed by atoms with Crippen LogP contribution in [-0.4, -0.2) is 42.3 Å². The van der Waals surface area contributed by atoms with Crippen LogP contribution in [0.25, 0.3) is 5.78 Å². The molecule has 0 unspecified atom stereocenters. The van der Waals surface area contributed by atoms with Gasteiger partial charge in [-0.25, -0.2) is 9.50 Å². The van der Waals surface area contributed by atoms with Gasteiger partial charge in [0, 0.05) is 36.0 Å². The first-order valence-electron chi connectivity index (χ1n) is 10.5. The van der Waals surface area contributed by atoms with Gasteiger partial charge in [-0.15, -0.1) is 5.10 Å². The van der Waals surface area contributed by atoms with Crippen molar-refractivity contribution in [1.29, 1.82) is 0 Å². The summed E-state index contributed by atoms with van der Waals surface area (Å²) in [6.45, 7) is 3.75. The number of fused-ring (bicyclic) bond motifs is 1. The third kappa shape index (κ3) is 4.81. The molecule has 1 saturated carbocycles. The molecule has 174 valence electrons. The molecule has 0 spiro atoms. The molecule has 4 rings (SSSR count). The number of rotatable bonds is 7. The third-order valence-electron chi connectivity index (χ3n) is 5.79. The molecule has 0 bridgehead atoms. The minimum Gasteiger partial charge on any atom is -0.366 e. The molecule has 0 radical (unpaired) electrons. The highest BCUT2D eigenvalue weighted by Gasteiger charge is 2.37. The normalized spacial score (nSPS) is 14.0. The second kappa shape index (κ2) is 8.45. The average molecular weight is 460 g/mol. The Bertz CT molecular complexity index is 1220. The average Bonchev–Trinajstić information content (AvgIpc) is 3.49. The SMILES string of the molecule is Cc1nc2nc(C(F)(F)F)nn2c(C)c1CCC(=O)N(Cc1ccc(C(N)=O)cc1)C1CC1. The van der Waals surface area contributed by atoms with Gasteiger partial charge < -0.3 is 10.6 Å². The molecule has 2 aromatic heterocycles. The summed E-state index contributed by atoms with van der Waals surface area (Å²) in [7, 11) is 0. The van der Waals surface area contributed by atoms with Gasteiger partial charge in [0.1, 0.15) is 0 Å². The van der Waals surface area contributed by atoms with E-state index in [1.807, 2.05) is 4.90 Å². The van der Waals surface area contributed by atoms with E-state index in [1.165, 1.54) is 0 Å². The van der Waals surface area contributed by atoms with E-state index in [0.29, 0.717) is 35.5 Å². The lowest BCUT2D eigenvalue weighted by Crippen LogP contribution is -2.33. The van der Waals surface area contributed by atoms with Gasteiger partial charge in [0.05, 0.1) is 0 Å². The summed E-state index contributed by atoms with van der Waals surface area (Å²) in [5.74, 6) is -1.92. The molecule has 2 amide bonds. The van der Waals surface area contributed by atoms with Crippen LogP contribution in [0.2, 0.25) is 0 Å². The Morgan fingerprint density at radius 3 is 2.39 bits per heavy atom. The predicted molar refractivity (Wildman–Crippen MR) is 112 cm³/mol. The Balaban J connectivity index is 1.50. The van der Waals surface area contributed by atoms with Crippen molar-refractivity contribution in [3.05, 3.63) is 58.2 Å². The number of amides is 2. The highest BCUT2D eigenvalue weighted by molar-refractivity contribution is 5.92. The molecule has 3 aromatic rings. The number of carbonyl (C=O) groups is 2. The number of aryl methyl sites for hydroxylation is 2. The van der Waals surface area contributed by atoms with Gasteiger partial charge in [-0.2, -0.15) is 18.2 Å². The fourth-order valence-electron chi connectivity index (χ4n) is 3.84. The van der Waals surface area contributed by atoms with Crippen molar-refractivity contribution in [2.75, 3.05) is 0 Å². The number of benzene rings is 1. The molecule has 1 aromatic carbocycles. The largest absolute Gasteiger partial charge is 0.453 e. The number of primary amides is 1. The summed E-state index contributed by atoms with van der Waals surface area (Å²) >= 11 is 0. The molecule has 0 saturated heterocycles. The molecule has 11 heteroatoms. The Labute approximate surface area is 187 Å². The van der Waals surface area contributed by atoms with E-state index in [2.05, 4.69) is 15.1 Å². The number of nitrogens with zero attached hydrogens (tertiary/aromatic N) is 5. The number of alkyl halides is 3. The highest BCUT2D eigenvalue weighted by Crippen LogP contribution is 2.30. The zero-order valence-electron chi connectivity index (χ0n) is 18.2. The fourth-order valence-corrected chi connectivity index (χ4v) is 3.84. The van der Waals surface area contributed by atoms with Crippen LogP contribution in [-0.2, 0) is 23.9 Å². The van der Waals surface area contributed by atoms with Crippen molar-refractivity contribution in [3.8, 4) is 0 Å². The molecule has 33 heavy (non-hydrogen) atoms. The topological polar surface area (TPSA) is 106 Å². The first-order valence-corrected chi connectivity index (χ1v) is 10.5. The van der Waals surface area contributed by atoms with E-state index >= 15 is 0 Å². The van der Waals surface area contributed by atoms with Crippen molar-refractivity contribution in [1.82, 2.24) is 24.5 Å². The molecule has 2 heterocycles. The van der Waals surface area contributed by atoms with Crippen LogP contribution in [0.1, 0.15) is 58.0 Å². The fraction of sp³-hybridized carbons (Fsp3) is 0.409. The first kappa shape index (κ1) is 22.7. The minimum absolute atomic E-state index is 0.0510. The van der Waals surface area contributed by atoms with E-state index in [0.717, 1.165) is 22.9 Å². The number of hydrogen-bond donors (Lipinski definition) is 1. The summed E-state index contributed by atoms with van der Waals surface area (Å²) in [6.07, 6.45) is -2.30. The van der Waals surface area contributed by atoms with Crippen LogP contribution in [0.4, 0.5) is 13.2 Å². The number of halogens is 3. The minimum atomic E-state index is -4.66. The second-order valence-corrected chi connectivity index (χ2v) is 8.22. The van der Waals surface area contributed by atoms with Crippen LogP contribution in [0.5, 0.6) is 0 Å². The van der Waals surface area contributed by atoms with Crippen LogP contribution in [0.3, 0.4) is 0 Å². The van der Waals surface area contributed by atoms with Gasteiger partial charge in [0.15, 0.2) is 0 Å². The van der Waals surface area contributed by atoms with Crippen LogP contribution in [0.15, 0.2) is 24.3 Å². The van der Waals surface area contributed by atoms with Crippen molar-refractivity contribution >= 4 is 17.6 Å². The quantitative estimate of drug-likeness (QED) is 0.584. The lowest BCUT2D eigenvalue weighted by molar-refractivity contribution is -0.144. The van der Waals surface area contributed by atoms with Crippen molar-refractivity contribution in [2.24, 2.45) is 5.73 Å². The molecule has 1 aliphatic rings. The lowest BCUT2D eigenvalue weighted by atomic mass is 10.1. The molecule has 1 aliphatic carbocycles. The lowest BCUT2D eigenvalue weighted by Gasteiger charge is -2.23. The zero-order valence-corrected chi connectivity index (χ0v) is 18.2. The Morgan fingerprint density at radius 1 is 1.15 bits per heavy atom. The van der Waals surface area contributed by atoms with Gasteiger partial charge in [-0.05, 0) is 56.4 Å². The maximum absolute atomic E-state index is 13.0. The smallest absolute Gasteiger partial charge is 0.366 e. The van der Waals surface area contributed by atoms with Gasteiger partial charge in [0.25, 0.3) is 11.6 Å². The van der Waals surface area contributed by atoms with Gasteiger partial charge >= 0.3 is 6.18 Å². The molecule has 8 nitrogen and oxygen atoms in total. The molecular formula is C22H23F3N6O2. The Hall–Kier alpha value is -3.50. The summed E-state index contributed by atoms with van der Waals surface area (Å²) in [6, 6.07) is 6.98. The van der Waals surface area contributed by atoms with E-state index in [9.17, 15) is 22.8 Å². The van der Waals surface area contributed by atoms with E-state index in [1.54, 1.807) is 38.1 Å². The first-order chi connectivity index (χ1) is 15.5. The summed E-state index contributed by atoms with van der Waals surface area (Å²) in [4.78, 5) is 33.7. The predicted octanol–water partition coefficient (Wildman–Crippen LogP) is 2.98. The second-order valence-electron chi connectivity index (χ2n) is 8.22. The zero-order chi connectivity index (χ0) is 23.9.